The third-order valence-corrected chi connectivity index (χ3v) is 5.93. The summed E-state index contributed by atoms with van der Waals surface area (Å²) in [5.74, 6) is 1.61. The van der Waals surface area contributed by atoms with Gasteiger partial charge in [0, 0.05) is 6.04 Å². The van der Waals surface area contributed by atoms with Gasteiger partial charge >= 0.3 is 0 Å². The van der Waals surface area contributed by atoms with Gasteiger partial charge in [0.1, 0.15) is 0 Å². The van der Waals surface area contributed by atoms with Gasteiger partial charge in [-0.25, -0.2) is 0 Å². The lowest BCUT2D eigenvalue weighted by Gasteiger charge is -2.34. The lowest BCUT2D eigenvalue weighted by Crippen LogP contribution is -2.32. The summed E-state index contributed by atoms with van der Waals surface area (Å²) in [6, 6.07) is 10.0. The monoisotopic (exact) mass is 271 g/mol. The molecule has 110 valence electrons. The number of hydrogen-bond donors (Lipinski definition) is 1. The average Bonchev–Trinajstić information content (AvgIpc) is 2.70. The first kappa shape index (κ1) is 14.1. The van der Waals surface area contributed by atoms with Gasteiger partial charge in [0.25, 0.3) is 0 Å². The van der Waals surface area contributed by atoms with Crippen molar-refractivity contribution in [1.82, 2.24) is 5.32 Å². The van der Waals surface area contributed by atoms with E-state index in [0.717, 1.165) is 11.8 Å². The van der Waals surface area contributed by atoms with Crippen molar-refractivity contribution in [3.63, 3.8) is 0 Å². The Morgan fingerprint density at radius 3 is 2.20 bits per heavy atom. The van der Waals surface area contributed by atoms with Crippen LogP contribution in [0.25, 0.3) is 0 Å². The van der Waals surface area contributed by atoms with E-state index < -0.39 is 0 Å². The highest BCUT2D eigenvalue weighted by molar-refractivity contribution is 5.29. The molecule has 1 nitrogen and oxygen atoms in total. The van der Waals surface area contributed by atoms with Gasteiger partial charge in [-0.05, 0) is 61.1 Å². The summed E-state index contributed by atoms with van der Waals surface area (Å²) in [6.07, 6.45) is 8.33. The van der Waals surface area contributed by atoms with E-state index >= 15 is 0 Å². The minimum absolute atomic E-state index is 0.473. The Bertz CT molecular complexity index is 441. The van der Waals surface area contributed by atoms with E-state index in [-0.39, 0.29) is 0 Å². The Kier molecular flexibility index (Phi) is 3.90. The largest absolute Gasteiger partial charge is 0.313 e. The smallest absolute Gasteiger partial charge is 0.0351 e. The van der Waals surface area contributed by atoms with E-state index in [4.69, 9.17) is 0 Å². The zero-order valence-electron chi connectivity index (χ0n) is 13.3. The molecular weight excluding hydrogens is 242 g/mol. The van der Waals surface area contributed by atoms with Gasteiger partial charge in [-0.1, -0.05) is 51.0 Å². The molecule has 20 heavy (non-hydrogen) atoms. The molecule has 2 atom stereocenters. The second-order valence-electron chi connectivity index (χ2n) is 7.55. The van der Waals surface area contributed by atoms with E-state index in [1.807, 2.05) is 0 Å². The fraction of sp³-hybridized carbons (Fsp3) is 0.684. The molecule has 0 saturated heterocycles. The Morgan fingerprint density at radius 1 is 1.05 bits per heavy atom. The Labute approximate surface area is 124 Å². The quantitative estimate of drug-likeness (QED) is 0.809. The van der Waals surface area contributed by atoms with E-state index in [2.05, 4.69) is 50.5 Å². The molecule has 0 heterocycles. The maximum absolute atomic E-state index is 3.59. The van der Waals surface area contributed by atoms with Crippen LogP contribution >= 0.6 is 0 Å². The first-order chi connectivity index (χ1) is 9.62. The minimum Gasteiger partial charge on any atom is -0.313 e. The zero-order chi connectivity index (χ0) is 14.2. The van der Waals surface area contributed by atoms with Gasteiger partial charge in [0.15, 0.2) is 0 Å². The van der Waals surface area contributed by atoms with Crippen molar-refractivity contribution < 1.29 is 0 Å². The maximum atomic E-state index is 3.59. The van der Waals surface area contributed by atoms with Gasteiger partial charge in [0.2, 0.25) is 0 Å². The topological polar surface area (TPSA) is 12.0 Å². The fourth-order valence-corrected chi connectivity index (χ4v) is 4.29. The van der Waals surface area contributed by atoms with Crippen LogP contribution in [0.4, 0.5) is 0 Å². The average molecular weight is 271 g/mol. The molecule has 2 saturated carbocycles. The summed E-state index contributed by atoms with van der Waals surface area (Å²) < 4.78 is 0. The SMILES string of the molecule is CNC(c1ccc(C2CCC2)cc1)C1CCCC1(C)C. The van der Waals surface area contributed by atoms with Gasteiger partial charge in [-0.15, -0.1) is 0 Å². The van der Waals surface area contributed by atoms with Crippen molar-refractivity contribution in [2.45, 2.75) is 64.3 Å². The predicted molar refractivity (Wildman–Crippen MR) is 86.0 cm³/mol. The zero-order valence-corrected chi connectivity index (χ0v) is 13.3. The molecule has 1 heteroatoms. The first-order valence-electron chi connectivity index (χ1n) is 8.39. The summed E-state index contributed by atoms with van der Waals surface area (Å²) in [6.45, 7) is 4.88. The molecule has 0 aliphatic heterocycles. The summed E-state index contributed by atoms with van der Waals surface area (Å²) in [4.78, 5) is 0. The number of benzene rings is 1. The molecule has 2 unspecified atom stereocenters. The summed E-state index contributed by atoms with van der Waals surface area (Å²) in [5.41, 5.74) is 3.51. The molecule has 1 aromatic carbocycles. The van der Waals surface area contributed by atoms with E-state index in [9.17, 15) is 0 Å². The van der Waals surface area contributed by atoms with E-state index in [1.165, 1.54) is 44.1 Å². The fourth-order valence-electron chi connectivity index (χ4n) is 4.29. The molecular formula is C19H29N. The van der Waals surface area contributed by atoms with Crippen LogP contribution in [0.2, 0.25) is 0 Å². The van der Waals surface area contributed by atoms with Crippen molar-refractivity contribution >= 4 is 0 Å². The second-order valence-corrected chi connectivity index (χ2v) is 7.55. The van der Waals surface area contributed by atoms with Crippen LogP contribution in [0.15, 0.2) is 24.3 Å². The second kappa shape index (κ2) is 5.52. The van der Waals surface area contributed by atoms with Gasteiger partial charge in [0.05, 0.1) is 0 Å². The van der Waals surface area contributed by atoms with Crippen molar-refractivity contribution in [2.24, 2.45) is 11.3 Å². The lowest BCUT2D eigenvalue weighted by molar-refractivity contribution is 0.203. The highest BCUT2D eigenvalue weighted by Crippen LogP contribution is 2.48. The standard InChI is InChI=1S/C19H29N/c1-19(2)13-5-8-17(19)18(20-3)16-11-9-15(10-12-16)14-6-4-7-14/h9-12,14,17-18,20H,4-8,13H2,1-3H3. The van der Waals surface area contributed by atoms with Crippen LogP contribution in [-0.4, -0.2) is 7.05 Å². The highest BCUT2D eigenvalue weighted by Gasteiger charge is 2.39. The molecule has 2 aliphatic rings. The number of nitrogens with one attached hydrogen (secondary N) is 1. The van der Waals surface area contributed by atoms with Crippen LogP contribution in [0, 0.1) is 11.3 Å². The normalized spacial score (nSPS) is 27.2. The van der Waals surface area contributed by atoms with E-state index in [0.29, 0.717) is 11.5 Å². The minimum atomic E-state index is 0.473. The van der Waals surface area contributed by atoms with Crippen molar-refractivity contribution in [3.8, 4) is 0 Å². The van der Waals surface area contributed by atoms with Gasteiger partial charge in [-0.3, -0.25) is 0 Å². The Morgan fingerprint density at radius 2 is 1.75 bits per heavy atom. The molecule has 1 N–H and O–H groups in total. The predicted octanol–water partition coefficient (Wildman–Crippen LogP) is 5.04. The van der Waals surface area contributed by atoms with Crippen LogP contribution in [-0.2, 0) is 0 Å². The third kappa shape index (κ3) is 2.53. The molecule has 0 bridgehead atoms. The first-order valence-corrected chi connectivity index (χ1v) is 8.39. The molecule has 0 aromatic heterocycles. The van der Waals surface area contributed by atoms with E-state index in [1.54, 1.807) is 5.56 Å². The molecule has 2 fully saturated rings. The number of rotatable bonds is 4. The van der Waals surface area contributed by atoms with Gasteiger partial charge < -0.3 is 5.32 Å². The Balaban J connectivity index is 1.78. The lowest BCUT2D eigenvalue weighted by atomic mass is 9.75. The molecule has 1 aromatic rings. The van der Waals surface area contributed by atoms with Gasteiger partial charge in [-0.2, -0.15) is 0 Å². The summed E-state index contributed by atoms with van der Waals surface area (Å²) in [7, 11) is 2.12. The Hall–Kier alpha value is -0.820. The molecule has 0 amide bonds. The summed E-state index contributed by atoms with van der Waals surface area (Å²) >= 11 is 0. The van der Waals surface area contributed by atoms with Crippen LogP contribution < -0.4 is 5.32 Å². The van der Waals surface area contributed by atoms with Crippen molar-refractivity contribution in [1.29, 1.82) is 0 Å². The third-order valence-electron chi connectivity index (χ3n) is 5.93. The number of hydrogen-bond acceptors (Lipinski definition) is 1. The van der Waals surface area contributed by atoms with Crippen molar-refractivity contribution in [2.75, 3.05) is 7.05 Å². The molecule has 0 radical (unpaired) electrons. The maximum Gasteiger partial charge on any atom is 0.0351 e. The van der Waals surface area contributed by atoms with Crippen molar-refractivity contribution in [3.05, 3.63) is 35.4 Å². The van der Waals surface area contributed by atoms with Crippen LogP contribution in [0.3, 0.4) is 0 Å². The molecule has 0 spiro atoms. The molecule has 3 rings (SSSR count). The van der Waals surface area contributed by atoms with Crippen LogP contribution in [0.5, 0.6) is 0 Å². The van der Waals surface area contributed by atoms with Crippen LogP contribution in [0.1, 0.15) is 75.5 Å². The molecule has 2 aliphatic carbocycles. The highest BCUT2D eigenvalue weighted by atomic mass is 14.9. The summed E-state index contributed by atoms with van der Waals surface area (Å²) in [5, 5.41) is 3.59.